The molecule has 2 heterocycles. The Balaban J connectivity index is 1.37. The highest BCUT2D eigenvalue weighted by molar-refractivity contribution is 8.00. The number of carbonyl (C=O) groups is 2. The fourth-order valence-electron chi connectivity index (χ4n) is 4.78. The molecule has 248 valence electrons. The summed E-state index contributed by atoms with van der Waals surface area (Å²) in [5.74, 6) is -0.0425. The summed E-state index contributed by atoms with van der Waals surface area (Å²) in [6.45, 7) is 3.89. The second kappa shape index (κ2) is 16.9. The van der Waals surface area contributed by atoms with Crippen molar-refractivity contribution in [3.05, 3.63) is 105 Å². The highest BCUT2D eigenvalue weighted by Crippen LogP contribution is 2.36. The number of hydrogen-bond acceptors (Lipinski definition) is 10. The number of carbonyl (C=O) groups excluding carboxylic acids is 1. The molecule has 47 heavy (non-hydrogen) atoms. The van der Waals surface area contributed by atoms with Crippen LogP contribution in [0.3, 0.4) is 0 Å². The number of thioether (sulfide) groups is 1. The minimum atomic E-state index is -1.61. The van der Waals surface area contributed by atoms with Crippen LogP contribution in [0.2, 0.25) is 5.22 Å². The van der Waals surface area contributed by atoms with Gasteiger partial charge in [-0.15, -0.1) is 11.8 Å². The smallest absolute Gasteiger partial charge is 0.507 e. The van der Waals surface area contributed by atoms with Crippen molar-refractivity contribution in [2.24, 2.45) is 0 Å². The number of ether oxygens (including phenoxy) is 2. The molecule has 10 nitrogen and oxygen atoms in total. The molecule has 0 unspecified atom stereocenters. The molecular weight excluding hydrogens is 648 g/mol. The topological polar surface area (TPSA) is 157 Å². The Labute approximate surface area is 280 Å². The fraction of sp³-hybridized carbons (Fsp3) is 0.286. The molecule has 0 spiro atoms. The number of fused-ring (bicyclic) bond motifs is 1. The van der Waals surface area contributed by atoms with Gasteiger partial charge in [-0.3, -0.25) is 9.59 Å². The maximum Gasteiger partial charge on any atom is 0.513 e. The molecule has 4 aromatic rings. The van der Waals surface area contributed by atoms with Crippen LogP contribution in [-0.4, -0.2) is 39.1 Å². The third-order valence-electron chi connectivity index (χ3n) is 7.07. The summed E-state index contributed by atoms with van der Waals surface area (Å²) in [6.07, 6.45) is 10.2. The maximum absolute atomic E-state index is 12.4. The molecule has 0 aliphatic carbocycles. The van der Waals surface area contributed by atoms with Crippen molar-refractivity contribution in [1.82, 2.24) is 0 Å². The standard InChI is InChI=1S/C35H35ClO10S/c1-3-10-26-28(15-14-24(21(2)37)34(26)40)43-16-9-7-5-4-6-8-11-30(33(39)22-17-31(36)44-20-22)47-23-12-13-25-27(38)19-32(46-35(41)42)45-29(25)18-23/h4,6,8,11-15,17-20,30,33,39-40H,3,5,7,9-10,16H2,1-2H3,(H,41,42)/b6-4-,11-8+/t30-,33+/m0/s1. The molecule has 0 saturated carbocycles. The Kier molecular flexibility index (Phi) is 12.7. The predicted octanol–water partition coefficient (Wildman–Crippen LogP) is 8.51. The molecule has 2 aromatic carbocycles. The zero-order valence-corrected chi connectivity index (χ0v) is 27.4. The maximum atomic E-state index is 12.4. The van der Waals surface area contributed by atoms with E-state index in [2.05, 4.69) is 4.74 Å². The Hall–Kier alpha value is -4.45. The molecule has 0 radical (unpaired) electrons. The number of rotatable bonds is 16. The van der Waals surface area contributed by atoms with Gasteiger partial charge in [0.25, 0.3) is 5.95 Å². The third kappa shape index (κ3) is 9.77. The zero-order valence-electron chi connectivity index (χ0n) is 25.8. The lowest BCUT2D eigenvalue weighted by molar-refractivity contribution is 0.101. The average Bonchev–Trinajstić information content (AvgIpc) is 3.46. The van der Waals surface area contributed by atoms with Gasteiger partial charge < -0.3 is 33.6 Å². The number of aliphatic hydroxyl groups excluding tert-OH is 1. The summed E-state index contributed by atoms with van der Waals surface area (Å²) < 4.78 is 21.1. The number of hydrogen-bond donors (Lipinski definition) is 3. The molecule has 12 heteroatoms. The van der Waals surface area contributed by atoms with E-state index in [-0.39, 0.29) is 27.7 Å². The van der Waals surface area contributed by atoms with Gasteiger partial charge in [0, 0.05) is 22.1 Å². The van der Waals surface area contributed by atoms with E-state index in [4.69, 9.17) is 30.3 Å². The summed E-state index contributed by atoms with van der Waals surface area (Å²) in [4.78, 5) is 35.7. The SMILES string of the molecule is CCCc1c(OCCCC/C=C\C=C\[C@H](Sc2ccc3c(=O)cc(OC(=O)O)oc3c2)[C@H](O)c2coc(Cl)c2)ccc(C(C)=O)c1O. The number of halogens is 1. The fourth-order valence-corrected chi connectivity index (χ4v) is 6.04. The van der Waals surface area contributed by atoms with Gasteiger partial charge >= 0.3 is 6.16 Å². The Morgan fingerprint density at radius 1 is 1.11 bits per heavy atom. The highest BCUT2D eigenvalue weighted by Gasteiger charge is 2.22. The summed E-state index contributed by atoms with van der Waals surface area (Å²) in [5.41, 5.74) is 1.12. The first kappa shape index (κ1) is 35.4. The number of furan rings is 1. The van der Waals surface area contributed by atoms with Crippen LogP contribution in [-0.2, 0) is 6.42 Å². The molecule has 0 amide bonds. The van der Waals surface area contributed by atoms with E-state index >= 15 is 0 Å². The largest absolute Gasteiger partial charge is 0.513 e. The van der Waals surface area contributed by atoms with Crippen LogP contribution in [0.25, 0.3) is 11.0 Å². The van der Waals surface area contributed by atoms with Gasteiger partial charge in [-0.2, -0.15) is 0 Å². The van der Waals surface area contributed by atoms with Gasteiger partial charge in [-0.25, -0.2) is 4.79 Å². The van der Waals surface area contributed by atoms with Crippen LogP contribution in [0, 0.1) is 0 Å². The predicted molar refractivity (Wildman–Crippen MR) is 179 cm³/mol. The molecule has 4 rings (SSSR count). The van der Waals surface area contributed by atoms with Crippen molar-refractivity contribution < 1.29 is 43.2 Å². The van der Waals surface area contributed by atoms with Crippen molar-refractivity contribution >= 4 is 46.3 Å². The second-order valence-corrected chi connectivity index (χ2v) is 12.2. The summed E-state index contributed by atoms with van der Waals surface area (Å²) in [5, 5.41) is 30.4. The lowest BCUT2D eigenvalue weighted by Crippen LogP contribution is -2.12. The first-order chi connectivity index (χ1) is 22.6. The number of phenolic OH excluding ortho intramolecular Hbond substituents is 1. The number of ketones is 1. The van der Waals surface area contributed by atoms with E-state index in [0.717, 1.165) is 31.7 Å². The number of unbranched alkanes of at least 4 members (excludes halogenated alkanes) is 2. The van der Waals surface area contributed by atoms with Gasteiger partial charge in [-0.05, 0) is 74.5 Å². The van der Waals surface area contributed by atoms with E-state index in [0.29, 0.717) is 40.4 Å². The molecule has 2 atom stereocenters. The number of phenols is 1. The van der Waals surface area contributed by atoms with E-state index in [9.17, 15) is 24.6 Å². The second-order valence-electron chi connectivity index (χ2n) is 10.6. The van der Waals surface area contributed by atoms with Crippen LogP contribution < -0.4 is 14.9 Å². The number of aromatic hydroxyl groups is 1. The summed E-state index contributed by atoms with van der Waals surface area (Å²) in [7, 11) is 0. The lowest BCUT2D eigenvalue weighted by Gasteiger charge is -2.18. The first-order valence-corrected chi connectivity index (χ1v) is 16.2. The third-order valence-corrected chi connectivity index (χ3v) is 8.48. The molecule has 0 aliphatic heterocycles. The summed E-state index contributed by atoms with van der Waals surface area (Å²) >= 11 is 7.23. The Morgan fingerprint density at radius 3 is 2.62 bits per heavy atom. The minimum Gasteiger partial charge on any atom is -0.507 e. The minimum absolute atomic E-state index is 0.00397. The van der Waals surface area contributed by atoms with Gasteiger partial charge in [0.05, 0.1) is 41.2 Å². The highest BCUT2D eigenvalue weighted by atomic mass is 35.5. The van der Waals surface area contributed by atoms with Crippen molar-refractivity contribution in [3.8, 4) is 17.4 Å². The van der Waals surface area contributed by atoms with Gasteiger partial charge in [0.2, 0.25) is 0 Å². The van der Waals surface area contributed by atoms with Crippen LogP contribution in [0.1, 0.15) is 67.1 Å². The normalized spacial score (nSPS) is 12.9. The monoisotopic (exact) mass is 682 g/mol. The molecule has 0 saturated heterocycles. The van der Waals surface area contributed by atoms with Crippen molar-refractivity contribution in [2.45, 2.75) is 62.2 Å². The van der Waals surface area contributed by atoms with Crippen LogP contribution in [0.4, 0.5) is 4.79 Å². The van der Waals surface area contributed by atoms with E-state index < -0.39 is 28.9 Å². The van der Waals surface area contributed by atoms with Crippen molar-refractivity contribution in [2.75, 3.05) is 6.61 Å². The van der Waals surface area contributed by atoms with Gasteiger partial charge in [-0.1, -0.05) is 37.6 Å². The van der Waals surface area contributed by atoms with Crippen molar-refractivity contribution in [1.29, 1.82) is 0 Å². The molecular formula is C35H35ClO10S. The number of carboxylic acid groups (broad SMARTS) is 1. The Bertz CT molecular complexity index is 1820. The first-order valence-electron chi connectivity index (χ1n) is 15.0. The molecule has 0 fully saturated rings. The van der Waals surface area contributed by atoms with E-state index in [1.165, 1.54) is 31.0 Å². The number of benzene rings is 2. The summed E-state index contributed by atoms with van der Waals surface area (Å²) in [6, 6.07) is 10.7. The van der Waals surface area contributed by atoms with E-state index in [1.807, 2.05) is 31.2 Å². The number of allylic oxidation sites excluding steroid dienone is 3. The molecule has 0 bridgehead atoms. The van der Waals surface area contributed by atoms with Gasteiger partial charge in [0.1, 0.15) is 17.1 Å². The quantitative estimate of drug-likeness (QED) is 0.0342. The molecule has 0 aliphatic rings. The van der Waals surface area contributed by atoms with Crippen LogP contribution in [0.5, 0.6) is 17.4 Å². The molecule has 3 N–H and O–H groups in total. The van der Waals surface area contributed by atoms with Crippen LogP contribution in [0.15, 0.2) is 91.6 Å². The lowest BCUT2D eigenvalue weighted by atomic mass is 10.0. The average molecular weight is 683 g/mol. The Morgan fingerprint density at radius 2 is 1.91 bits per heavy atom. The zero-order chi connectivity index (χ0) is 33.9. The number of Topliss-reactive ketones (excluding diaryl/α,β-unsaturated/α-hetero) is 1. The van der Waals surface area contributed by atoms with Crippen LogP contribution >= 0.6 is 23.4 Å². The van der Waals surface area contributed by atoms with Crippen molar-refractivity contribution in [3.63, 3.8) is 0 Å². The number of aliphatic hydroxyl groups is 1. The molecule has 2 aromatic heterocycles. The van der Waals surface area contributed by atoms with Gasteiger partial charge in [0.15, 0.2) is 16.4 Å². The van der Waals surface area contributed by atoms with E-state index in [1.54, 1.807) is 30.3 Å².